The summed E-state index contributed by atoms with van der Waals surface area (Å²) < 4.78 is 0. The van der Waals surface area contributed by atoms with Gasteiger partial charge in [-0.1, -0.05) is 11.3 Å². The molecule has 0 atom stereocenters. The van der Waals surface area contributed by atoms with Crippen molar-refractivity contribution < 1.29 is 4.79 Å². The van der Waals surface area contributed by atoms with Gasteiger partial charge in [-0.2, -0.15) is 0 Å². The zero-order chi connectivity index (χ0) is 14.1. The van der Waals surface area contributed by atoms with E-state index in [0.717, 1.165) is 23.7 Å². The molecule has 0 aromatic carbocycles. The van der Waals surface area contributed by atoms with Gasteiger partial charge in [0, 0.05) is 18.5 Å². The first-order valence-corrected chi connectivity index (χ1v) is 8.05. The van der Waals surface area contributed by atoms with Crippen molar-refractivity contribution in [2.24, 2.45) is 0 Å². The topological polar surface area (TPSA) is 84.1 Å². The van der Waals surface area contributed by atoms with E-state index in [1.54, 1.807) is 17.5 Å². The van der Waals surface area contributed by atoms with Crippen molar-refractivity contribution in [2.75, 3.05) is 18.1 Å². The molecule has 3 N–H and O–H groups in total. The Balaban J connectivity index is 1.70. The van der Waals surface area contributed by atoms with Crippen molar-refractivity contribution in [1.82, 2.24) is 14.9 Å². The number of nitrogens with two attached hydrogens (primary N) is 1. The zero-order valence-corrected chi connectivity index (χ0v) is 12.6. The summed E-state index contributed by atoms with van der Waals surface area (Å²) in [6, 6.07) is 0.497. The van der Waals surface area contributed by atoms with Gasteiger partial charge < -0.3 is 16.0 Å². The Labute approximate surface area is 124 Å². The molecule has 1 aliphatic carbocycles. The fourth-order valence-corrected chi connectivity index (χ4v) is 3.26. The van der Waals surface area contributed by atoms with Gasteiger partial charge in [-0.25, -0.2) is 9.97 Å². The van der Waals surface area contributed by atoms with Crippen molar-refractivity contribution in [1.29, 1.82) is 0 Å². The summed E-state index contributed by atoms with van der Waals surface area (Å²) in [5.41, 5.74) is 8.48. The van der Waals surface area contributed by atoms with Crippen LogP contribution in [0.25, 0.3) is 0 Å². The van der Waals surface area contributed by atoms with E-state index >= 15 is 0 Å². The molecule has 0 unspecified atom stereocenters. The molecule has 2 aromatic heterocycles. The molecule has 1 aliphatic rings. The van der Waals surface area contributed by atoms with Gasteiger partial charge >= 0.3 is 0 Å². The molecule has 6 nitrogen and oxygen atoms in total. The molecule has 106 valence electrons. The number of anilines is 2. The second kappa shape index (κ2) is 5.37. The summed E-state index contributed by atoms with van der Waals surface area (Å²) >= 11 is 2.84. The van der Waals surface area contributed by atoms with Crippen LogP contribution in [-0.2, 0) is 6.54 Å². The first-order valence-electron chi connectivity index (χ1n) is 6.29. The van der Waals surface area contributed by atoms with Crippen LogP contribution in [0.2, 0.25) is 0 Å². The summed E-state index contributed by atoms with van der Waals surface area (Å²) in [6.07, 6.45) is 2.32. The first-order chi connectivity index (χ1) is 9.63. The zero-order valence-electron chi connectivity index (χ0n) is 11.0. The van der Waals surface area contributed by atoms with Crippen molar-refractivity contribution in [3.05, 3.63) is 21.5 Å². The second-order valence-electron chi connectivity index (χ2n) is 4.79. The quantitative estimate of drug-likeness (QED) is 0.883. The number of hydrogen-bond acceptors (Lipinski definition) is 7. The van der Waals surface area contributed by atoms with E-state index < -0.39 is 0 Å². The van der Waals surface area contributed by atoms with Crippen LogP contribution in [0.4, 0.5) is 10.9 Å². The van der Waals surface area contributed by atoms with E-state index in [1.807, 2.05) is 5.38 Å². The minimum Gasteiger partial charge on any atom is -0.382 e. The highest BCUT2D eigenvalue weighted by Gasteiger charge is 2.25. The molecule has 2 heterocycles. The molecule has 8 heteroatoms. The number of aromatic nitrogens is 2. The average molecular weight is 309 g/mol. The van der Waals surface area contributed by atoms with Crippen LogP contribution in [-0.4, -0.2) is 33.9 Å². The number of carbonyl (C=O) groups excluding carboxylic acids is 1. The smallest absolute Gasteiger partial charge is 0.267 e. The van der Waals surface area contributed by atoms with E-state index in [-0.39, 0.29) is 5.91 Å². The third-order valence-corrected chi connectivity index (χ3v) is 4.61. The monoisotopic (exact) mass is 309 g/mol. The van der Waals surface area contributed by atoms with Crippen LogP contribution in [0.1, 0.15) is 28.2 Å². The van der Waals surface area contributed by atoms with Crippen molar-refractivity contribution >= 4 is 39.5 Å². The highest BCUT2D eigenvalue weighted by Crippen LogP contribution is 2.31. The lowest BCUT2D eigenvalue weighted by Gasteiger charge is -2.14. The maximum Gasteiger partial charge on any atom is 0.267 e. The Bertz CT molecular complexity index is 605. The number of carbonyl (C=O) groups is 1. The summed E-state index contributed by atoms with van der Waals surface area (Å²) in [4.78, 5) is 22.9. The molecule has 0 spiro atoms. The third kappa shape index (κ3) is 2.91. The van der Waals surface area contributed by atoms with E-state index in [9.17, 15) is 4.79 Å². The normalized spacial score (nSPS) is 14.2. The average Bonchev–Trinajstić information content (AvgIpc) is 2.93. The van der Waals surface area contributed by atoms with Crippen molar-refractivity contribution in [3.8, 4) is 0 Å². The fourth-order valence-electron chi connectivity index (χ4n) is 1.75. The van der Waals surface area contributed by atoms with Crippen LogP contribution in [0.5, 0.6) is 0 Å². The standard InChI is InChI=1S/C12H15N5OS2/c1-17(4-8-5-19-6-14-8)11(18)9-10(13)16-12(20-9)15-7-2-3-7/h5-7H,2-4,13H2,1H3,(H,15,16). The summed E-state index contributed by atoms with van der Waals surface area (Å²) in [5, 5.41) is 5.92. The van der Waals surface area contributed by atoms with Gasteiger partial charge in [0.2, 0.25) is 0 Å². The minimum atomic E-state index is -0.114. The van der Waals surface area contributed by atoms with Gasteiger partial charge in [-0.3, -0.25) is 4.79 Å². The lowest BCUT2D eigenvalue weighted by Crippen LogP contribution is -2.26. The van der Waals surface area contributed by atoms with Crippen molar-refractivity contribution in [2.45, 2.75) is 25.4 Å². The molecule has 1 amide bonds. The molecule has 2 aromatic rings. The summed E-state index contributed by atoms with van der Waals surface area (Å²) in [7, 11) is 1.74. The van der Waals surface area contributed by atoms with Crippen LogP contribution < -0.4 is 11.1 Å². The number of rotatable bonds is 5. The maximum atomic E-state index is 12.4. The Morgan fingerprint density at radius 3 is 3.05 bits per heavy atom. The number of nitrogens with one attached hydrogen (secondary N) is 1. The van der Waals surface area contributed by atoms with Gasteiger partial charge in [0.15, 0.2) is 5.13 Å². The Morgan fingerprint density at radius 2 is 2.40 bits per heavy atom. The predicted molar refractivity (Wildman–Crippen MR) is 81.1 cm³/mol. The van der Waals surface area contributed by atoms with E-state index in [4.69, 9.17) is 5.73 Å². The molecule has 3 rings (SSSR count). The molecular formula is C12H15N5OS2. The Morgan fingerprint density at radius 1 is 1.60 bits per heavy atom. The number of nitrogen functional groups attached to an aromatic ring is 1. The molecule has 0 saturated heterocycles. The molecule has 0 aliphatic heterocycles. The van der Waals surface area contributed by atoms with Crippen LogP contribution in [0.15, 0.2) is 10.9 Å². The van der Waals surface area contributed by atoms with Gasteiger partial charge in [0.1, 0.15) is 10.7 Å². The molecule has 20 heavy (non-hydrogen) atoms. The Hall–Kier alpha value is -1.67. The number of amides is 1. The van der Waals surface area contributed by atoms with E-state index in [1.165, 1.54) is 22.7 Å². The minimum absolute atomic E-state index is 0.114. The largest absolute Gasteiger partial charge is 0.382 e. The number of thiazole rings is 2. The molecular weight excluding hydrogens is 294 g/mol. The van der Waals surface area contributed by atoms with E-state index in [2.05, 4.69) is 15.3 Å². The number of nitrogens with zero attached hydrogens (tertiary/aromatic N) is 3. The lowest BCUT2D eigenvalue weighted by molar-refractivity contribution is 0.0789. The fraction of sp³-hybridized carbons (Fsp3) is 0.417. The second-order valence-corrected chi connectivity index (χ2v) is 6.51. The maximum absolute atomic E-state index is 12.4. The Kier molecular flexibility index (Phi) is 3.58. The molecule has 1 fully saturated rings. The van der Waals surface area contributed by atoms with E-state index in [0.29, 0.717) is 23.3 Å². The predicted octanol–water partition coefficient (Wildman–Crippen LogP) is 2.03. The third-order valence-electron chi connectivity index (χ3n) is 2.98. The SMILES string of the molecule is CN(Cc1cscn1)C(=O)c1sc(NC2CC2)nc1N. The first kappa shape index (κ1) is 13.3. The highest BCUT2D eigenvalue weighted by molar-refractivity contribution is 7.18. The van der Waals surface area contributed by atoms with Crippen LogP contribution >= 0.6 is 22.7 Å². The highest BCUT2D eigenvalue weighted by atomic mass is 32.1. The van der Waals surface area contributed by atoms with Crippen LogP contribution in [0.3, 0.4) is 0 Å². The molecule has 0 radical (unpaired) electrons. The molecule has 0 bridgehead atoms. The van der Waals surface area contributed by atoms with Gasteiger partial charge in [-0.05, 0) is 12.8 Å². The summed E-state index contributed by atoms with van der Waals surface area (Å²) in [6.45, 7) is 0.477. The van der Waals surface area contributed by atoms with Gasteiger partial charge in [0.25, 0.3) is 5.91 Å². The van der Waals surface area contributed by atoms with Crippen LogP contribution in [0, 0.1) is 0 Å². The van der Waals surface area contributed by atoms with Crippen molar-refractivity contribution in [3.63, 3.8) is 0 Å². The molecule has 1 saturated carbocycles. The summed E-state index contributed by atoms with van der Waals surface area (Å²) in [5.74, 6) is 0.185. The number of hydrogen-bond donors (Lipinski definition) is 2. The lowest BCUT2D eigenvalue weighted by atomic mass is 10.4. The van der Waals surface area contributed by atoms with Gasteiger partial charge in [-0.15, -0.1) is 11.3 Å². The van der Waals surface area contributed by atoms with Gasteiger partial charge in [0.05, 0.1) is 17.7 Å².